The van der Waals surface area contributed by atoms with Crippen molar-refractivity contribution in [1.29, 1.82) is 0 Å². The summed E-state index contributed by atoms with van der Waals surface area (Å²) in [6.45, 7) is 5.34. The van der Waals surface area contributed by atoms with E-state index in [0.717, 1.165) is 6.42 Å². The molecule has 106 valence electrons. The lowest BCUT2D eigenvalue weighted by Gasteiger charge is -2.24. The van der Waals surface area contributed by atoms with Gasteiger partial charge < -0.3 is 14.6 Å². The summed E-state index contributed by atoms with van der Waals surface area (Å²) >= 11 is 0. The fourth-order valence-corrected chi connectivity index (χ4v) is 1.58. The van der Waals surface area contributed by atoms with Crippen molar-refractivity contribution in [1.82, 2.24) is 9.88 Å². The normalized spacial score (nSPS) is 11.4. The van der Waals surface area contributed by atoms with E-state index >= 15 is 0 Å². The molecule has 0 spiro atoms. The van der Waals surface area contributed by atoms with Crippen molar-refractivity contribution in [2.24, 2.45) is 12.5 Å². The van der Waals surface area contributed by atoms with E-state index in [1.165, 1.54) is 10.6 Å². The number of hydrogen-bond acceptors (Lipinski definition) is 3. The second-order valence-electron chi connectivity index (χ2n) is 5.45. The number of ether oxygens (including phenoxy) is 1. The number of methoxy groups -OCH3 is 1. The molecule has 1 aromatic rings. The molecule has 0 saturated heterocycles. The summed E-state index contributed by atoms with van der Waals surface area (Å²) in [6.07, 6.45) is 2.45. The second-order valence-corrected chi connectivity index (χ2v) is 5.45. The Morgan fingerprint density at radius 3 is 2.74 bits per heavy atom. The molecule has 1 amide bonds. The predicted octanol–water partition coefficient (Wildman–Crippen LogP) is 1.18. The molecular weight excluding hydrogens is 244 g/mol. The maximum Gasteiger partial charge on any atom is 0.251 e. The molecule has 1 aromatic heterocycles. The van der Waals surface area contributed by atoms with Crippen LogP contribution in [0.15, 0.2) is 23.1 Å². The van der Waals surface area contributed by atoms with Gasteiger partial charge in [-0.15, -0.1) is 0 Å². The molecule has 0 saturated carbocycles. The lowest BCUT2D eigenvalue weighted by molar-refractivity contribution is 0.0920. The largest absolute Gasteiger partial charge is 0.385 e. The number of aromatic nitrogens is 1. The van der Waals surface area contributed by atoms with E-state index in [2.05, 4.69) is 19.2 Å². The Morgan fingerprint density at radius 1 is 1.47 bits per heavy atom. The summed E-state index contributed by atoms with van der Waals surface area (Å²) in [4.78, 5) is 23.4. The highest BCUT2D eigenvalue weighted by Crippen LogP contribution is 2.18. The number of carbonyl (C=O) groups is 1. The summed E-state index contributed by atoms with van der Waals surface area (Å²) in [6, 6.07) is 2.98. The van der Waals surface area contributed by atoms with E-state index in [-0.39, 0.29) is 16.9 Å². The van der Waals surface area contributed by atoms with E-state index in [4.69, 9.17) is 4.74 Å². The van der Waals surface area contributed by atoms with Gasteiger partial charge in [0, 0.05) is 45.1 Å². The van der Waals surface area contributed by atoms with Crippen molar-refractivity contribution in [2.75, 3.05) is 20.3 Å². The Hall–Kier alpha value is -1.62. The third kappa shape index (κ3) is 4.87. The summed E-state index contributed by atoms with van der Waals surface area (Å²) < 4.78 is 6.47. The Balaban J connectivity index is 2.60. The number of carbonyl (C=O) groups excluding carboxylic acids is 1. The molecule has 0 aliphatic rings. The standard InChI is InChI=1S/C14H22N2O3/c1-14(2,6-8-19-4)10-15-13(18)11-5-7-16(3)12(17)9-11/h5,7,9H,6,8,10H2,1-4H3,(H,15,18). The third-order valence-corrected chi connectivity index (χ3v) is 3.08. The Kier molecular flexibility index (Phi) is 5.30. The molecule has 0 unspecified atom stereocenters. The van der Waals surface area contributed by atoms with Crippen LogP contribution in [-0.4, -0.2) is 30.7 Å². The minimum Gasteiger partial charge on any atom is -0.385 e. The summed E-state index contributed by atoms with van der Waals surface area (Å²) in [5.74, 6) is -0.219. The first-order valence-corrected chi connectivity index (χ1v) is 6.29. The van der Waals surface area contributed by atoms with Crippen molar-refractivity contribution in [3.8, 4) is 0 Å². The predicted molar refractivity (Wildman–Crippen MR) is 74.3 cm³/mol. The quantitative estimate of drug-likeness (QED) is 0.841. The van der Waals surface area contributed by atoms with Crippen LogP contribution < -0.4 is 10.9 Å². The first kappa shape index (κ1) is 15.4. The monoisotopic (exact) mass is 266 g/mol. The van der Waals surface area contributed by atoms with Gasteiger partial charge in [-0.3, -0.25) is 9.59 Å². The zero-order valence-electron chi connectivity index (χ0n) is 12.0. The molecule has 0 bridgehead atoms. The van der Waals surface area contributed by atoms with Crippen molar-refractivity contribution in [3.63, 3.8) is 0 Å². The molecule has 19 heavy (non-hydrogen) atoms. The summed E-state index contributed by atoms with van der Waals surface area (Å²) in [7, 11) is 3.31. The molecule has 5 heteroatoms. The van der Waals surface area contributed by atoms with Crippen LogP contribution in [-0.2, 0) is 11.8 Å². The fourth-order valence-electron chi connectivity index (χ4n) is 1.58. The first-order valence-electron chi connectivity index (χ1n) is 6.29. The van der Waals surface area contributed by atoms with Crippen LogP contribution in [0.3, 0.4) is 0 Å². The molecule has 5 nitrogen and oxygen atoms in total. The van der Waals surface area contributed by atoms with E-state index < -0.39 is 0 Å². The molecule has 1 rings (SSSR count). The average Bonchev–Trinajstić information content (AvgIpc) is 2.37. The minimum atomic E-state index is -0.219. The molecule has 1 N–H and O–H groups in total. The smallest absolute Gasteiger partial charge is 0.251 e. The molecule has 0 atom stereocenters. The average molecular weight is 266 g/mol. The van der Waals surface area contributed by atoms with E-state index in [0.29, 0.717) is 18.7 Å². The molecule has 1 heterocycles. The van der Waals surface area contributed by atoms with Crippen LogP contribution >= 0.6 is 0 Å². The van der Waals surface area contributed by atoms with Gasteiger partial charge in [-0.05, 0) is 17.9 Å². The number of rotatable bonds is 6. The number of nitrogens with zero attached hydrogens (tertiary/aromatic N) is 1. The van der Waals surface area contributed by atoms with E-state index in [1.54, 1.807) is 26.4 Å². The number of aryl methyl sites for hydroxylation is 1. The highest BCUT2D eigenvalue weighted by Gasteiger charge is 2.19. The summed E-state index contributed by atoms with van der Waals surface area (Å²) in [5, 5.41) is 2.85. The first-order chi connectivity index (χ1) is 8.85. The van der Waals surface area contributed by atoms with Crippen molar-refractivity contribution in [2.45, 2.75) is 20.3 Å². The molecular formula is C14H22N2O3. The molecule has 0 aliphatic heterocycles. The molecule has 0 aliphatic carbocycles. The zero-order valence-corrected chi connectivity index (χ0v) is 12.0. The SMILES string of the molecule is COCCC(C)(C)CNC(=O)c1ccn(C)c(=O)c1. The second kappa shape index (κ2) is 6.52. The van der Waals surface area contributed by atoms with Gasteiger partial charge in [0.1, 0.15) is 0 Å². The number of pyridine rings is 1. The zero-order chi connectivity index (χ0) is 14.5. The van der Waals surface area contributed by atoms with Crippen molar-refractivity contribution in [3.05, 3.63) is 34.2 Å². The van der Waals surface area contributed by atoms with Crippen LogP contribution in [0.5, 0.6) is 0 Å². The van der Waals surface area contributed by atoms with Crippen molar-refractivity contribution >= 4 is 5.91 Å². The van der Waals surface area contributed by atoms with Gasteiger partial charge >= 0.3 is 0 Å². The van der Waals surface area contributed by atoms with Crippen LogP contribution in [0, 0.1) is 5.41 Å². The number of nitrogens with one attached hydrogen (secondary N) is 1. The van der Waals surface area contributed by atoms with Gasteiger partial charge in [0.25, 0.3) is 11.5 Å². The lowest BCUT2D eigenvalue weighted by atomic mass is 9.89. The Bertz CT molecular complexity index is 492. The number of hydrogen-bond donors (Lipinski definition) is 1. The summed E-state index contributed by atoms with van der Waals surface area (Å²) in [5.41, 5.74) is 0.169. The Labute approximate surface area is 113 Å². The maximum absolute atomic E-state index is 11.9. The van der Waals surface area contributed by atoms with Gasteiger partial charge in [-0.1, -0.05) is 13.8 Å². The lowest BCUT2D eigenvalue weighted by Crippen LogP contribution is -2.35. The van der Waals surface area contributed by atoms with Gasteiger partial charge in [0.2, 0.25) is 0 Å². The third-order valence-electron chi connectivity index (χ3n) is 3.08. The molecule has 0 radical (unpaired) electrons. The minimum absolute atomic E-state index is 0.0363. The van der Waals surface area contributed by atoms with Crippen LogP contribution in [0.2, 0.25) is 0 Å². The van der Waals surface area contributed by atoms with Crippen LogP contribution in [0.1, 0.15) is 30.6 Å². The van der Waals surface area contributed by atoms with E-state index in [1.807, 2.05) is 0 Å². The van der Waals surface area contributed by atoms with Gasteiger partial charge in [-0.2, -0.15) is 0 Å². The van der Waals surface area contributed by atoms with Crippen LogP contribution in [0.25, 0.3) is 0 Å². The van der Waals surface area contributed by atoms with Crippen molar-refractivity contribution < 1.29 is 9.53 Å². The van der Waals surface area contributed by atoms with Gasteiger partial charge in [0.15, 0.2) is 0 Å². The molecule has 0 fully saturated rings. The maximum atomic E-state index is 11.9. The topological polar surface area (TPSA) is 60.3 Å². The fraction of sp³-hybridized carbons (Fsp3) is 0.571. The van der Waals surface area contributed by atoms with Gasteiger partial charge in [-0.25, -0.2) is 0 Å². The van der Waals surface area contributed by atoms with Gasteiger partial charge in [0.05, 0.1) is 0 Å². The molecule has 0 aromatic carbocycles. The van der Waals surface area contributed by atoms with E-state index in [9.17, 15) is 9.59 Å². The Morgan fingerprint density at radius 2 is 2.16 bits per heavy atom. The number of amides is 1. The highest BCUT2D eigenvalue weighted by molar-refractivity contribution is 5.93. The van der Waals surface area contributed by atoms with Crippen LogP contribution in [0.4, 0.5) is 0 Å². The highest BCUT2D eigenvalue weighted by atomic mass is 16.5.